The molecule has 5 rings (SSSR count). The number of carbonyl (C=O) groups is 2. The van der Waals surface area contributed by atoms with Crippen LogP contribution in [0.2, 0.25) is 0 Å². The predicted octanol–water partition coefficient (Wildman–Crippen LogP) is 5.20. The Bertz CT molecular complexity index is 1250. The van der Waals surface area contributed by atoms with E-state index in [9.17, 15) is 9.59 Å². The average molecular weight is 473 g/mol. The molecule has 0 spiro atoms. The molecule has 1 amide bonds. The van der Waals surface area contributed by atoms with Gasteiger partial charge in [0, 0.05) is 35.6 Å². The van der Waals surface area contributed by atoms with Crippen molar-refractivity contribution in [3.63, 3.8) is 0 Å². The Labute approximate surface area is 206 Å². The van der Waals surface area contributed by atoms with Crippen molar-refractivity contribution in [2.45, 2.75) is 77.5 Å². The molecule has 35 heavy (non-hydrogen) atoms. The fourth-order valence-corrected chi connectivity index (χ4v) is 4.86. The molecule has 1 saturated carbocycles. The van der Waals surface area contributed by atoms with Crippen molar-refractivity contribution in [2.75, 3.05) is 0 Å². The topological polar surface area (TPSA) is 77.3 Å². The molecule has 0 radical (unpaired) electrons. The zero-order valence-corrected chi connectivity index (χ0v) is 20.8. The number of nitrogens with zero attached hydrogens (tertiary/aromatic N) is 4. The van der Waals surface area contributed by atoms with E-state index in [0.29, 0.717) is 12.0 Å². The van der Waals surface area contributed by atoms with Crippen molar-refractivity contribution in [1.82, 2.24) is 19.7 Å². The summed E-state index contributed by atoms with van der Waals surface area (Å²) in [4.78, 5) is 32.7. The minimum Gasteiger partial charge on any atom is -0.442 e. The fraction of sp³-hybridized carbons (Fsp3) is 0.429. The molecule has 1 atom stereocenters. The highest BCUT2D eigenvalue weighted by Gasteiger charge is 2.39. The number of ether oxygens (including phenoxy) is 1. The van der Waals surface area contributed by atoms with Gasteiger partial charge in [0.05, 0.1) is 11.4 Å². The van der Waals surface area contributed by atoms with Gasteiger partial charge in [-0.25, -0.2) is 4.79 Å². The quantitative estimate of drug-likeness (QED) is 0.522. The molecule has 2 aromatic heterocycles. The van der Waals surface area contributed by atoms with E-state index in [1.807, 2.05) is 64.1 Å². The molecule has 0 saturated heterocycles. The average Bonchev–Trinajstić information content (AvgIpc) is 3.55. The number of amides is 1. The number of hydrogen-bond donors (Lipinski definition) is 0. The van der Waals surface area contributed by atoms with Gasteiger partial charge in [0.2, 0.25) is 0 Å². The van der Waals surface area contributed by atoms with E-state index in [1.54, 1.807) is 12.4 Å². The smallest absolute Gasteiger partial charge is 0.435 e. The van der Waals surface area contributed by atoms with Crippen LogP contribution >= 0.6 is 0 Å². The lowest BCUT2D eigenvalue weighted by molar-refractivity contribution is 0.0513. The van der Waals surface area contributed by atoms with Crippen molar-refractivity contribution in [3.8, 4) is 11.3 Å². The molecular weight excluding hydrogens is 440 g/mol. The van der Waals surface area contributed by atoms with E-state index in [-0.39, 0.29) is 18.0 Å². The minimum absolute atomic E-state index is 0.0798. The molecule has 2 aliphatic carbocycles. The number of carbonyl (C=O) groups excluding carboxylic acids is 2. The largest absolute Gasteiger partial charge is 0.442 e. The summed E-state index contributed by atoms with van der Waals surface area (Å²) >= 11 is 0. The Kier molecular flexibility index (Phi) is 5.95. The molecule has 1 fully saturated rings. The summed E-state index contributed by atoms with van der Waals surface area (Å²) in [5.74, 6) is 0.0798. The summed E-state index contributed by atoms with van der Waals surface area (Å²) in [6, 6.07) is 12.1. The minimum atomic E-state index is -0.578. The summed E-state index contributed by atoms with van der Waals surface area (Å²) in [5.41, 5.74) is 5.06. The first kappa shape index (κ1) is 23.3. The summed E-state index contributed by atoms with van der Waals surface area (Å²) in [7, 11) is 0. The van der Waals surface area contributed by atoms with E-state index in [1.165, 1.54) is 4.68 Å². The van der Waals surface area contributed by atoms with Crippen LogP contribution in [0.3, 0.4) is 0 Å². The zero-order chi connectivity index (χ0) is 24.7. The molecule has 1 unspecified atom stereocenters. The van der Waals surface area contributed by atoms with Crippen molar-refractivity contribution in [1.29, 1.82) is 0 Å². The second-order valence-corrected chi connectivity index (χ2v) is 10.6. The normalized spacial score (nSPS) is 17.5. The first-order valence-electron chi connectivity index (χ1n) is 12.3. The maximum atomic E-state index is 13.7. The van der Waals surface area contributed by atoms with Crippen LogP contribution in [0.15, 0.2) is 48.8 Å². The lowest BCUT2D eigenvalue weighted by Crippen LogP contribution is -2.44. The van der Waals surface area contributed by atoms with Crippen LogP contribution in [0.5, 0.6) is 0 Å². The van der Waals surface area contributed by atoms with Gasteiger partial charge < -0.3 is 9.64 Å². The highest BCUT2D eigenvalue weighted by molar-refractivity contribution is 5.95. The highest BCUT2D eigenvalue weighted by atomic mass is 16.6. The molecule has 3 aromatic rings. The lowest BCUT2D eigenvalue weighted by atomic mass is 9.91. The second kappa shape index (κ2) is 8.95. The fourth-order valence-electron chi connectivity index (χ4n) is 4.86. The van der Waals surface area contributed by atoms with Gasteiger partial charge >= 0.3 is 6.09 Å². The molecule has 1 aromatic carbocycles. The zero-order valence-electron chi connectivity index (χ0n) is 20.8. The predicted molar refractivity (Wildman–Crippen MR) is 133 cm³/mol. The summed E-state index contributed by atoms with van der Waals surface area (Å²) in [6.07, 6.45) is 7.44. The summed E-state index contributed by atoms with van der Waals surface area (Å²) in [5, 5.41) is 4.48. The third-order valence-electron chi connectivity index (χ3n) is 6.61. The van der Waals surface area contributed by atoms with Crippen LogP contribution < -0.4 is 0 Å². The number of aryl methyl sites for hydroxylation is 2. The highest BCUT2D eigenvalue weighted by Crippen LogP contribution is 2.35. The van der Waals surface area contributed by atoms with Crippen LogP contribution in [0.1, 0.15) is 67.2 Å². The van der Waals surface area contributed by atoms with Crippen molar-refractivity contribution in [3.05, 3.63) is 71.2 Å². The van der Waals surface area contributed by atoms with E-state index < -0.39 is 11.7 Å². The van der Waals surface area contributed by atoms with E-state index >= 15 is 0 Å². The number of benzene rings is 1. The molecule has 7 heteroatoms. The Hall–Kier alpha value is -3.48. The maximum absolute atomic E-state index is 13.7. The molecule has 0 bridgehead atoms. The van der Waals surface area contributed by atoms with Gasteiger partial charge in [0.25, 0.3) is 5.91 Å². The number of rotatable bonds is 4. The van der Waals surface area contributed by atoms with Gasteiger partial charge in [-0.1, -0.05) is 12.1 Å². The monoisotopic (exact) mass is 472 g/mol. The van der Waals surface area contributed by atoms with Crippen LogP contribution in [0.25, 0.3) is 11.3 Å². The van der Waals surface area contributed by atoms with Gasteiger partial charge in [-0.15, -0.1) is 0 Å². The number of aromatic nitrogens is 3. The van der Waals surface area contributed by atoms with Gasteiger partial charge in [0.1, 0.15) is 5.60 Å². The summed E-state index contributed by atoms with van der Waals surface area (Å²) in [6.45, 7) is 7.55. The van der Waals surface area contributed by atoms with Crippen molar-refractivity contribution >= 4 is 12.0 Å². The van der Waals surface area contributed by atoms with Crippen LogP contribution in [-0.4, -0.2) is 49.3 Å². The molecule has 182 valence electrons. The van der Waals surface area contributed by atoms with E-state index in [4.69, 9.17) is 4.74 Å². The Morgan fingerprint density at radius 1 is 1.09 bits per heavy atom. The molecule has 2 heterocycles. The van der Waals surface area contributed by atoms with Gasteiger partial charge in [-0.3, -0.25) is 9.78 Å². The first-order chi connectivity index (χ1) is 16.7. The Morgan fingerprint density at radius 3 is 2.54 bits per heavy atom. The van der Waals surface area contributed by atoms with Gasteiger partial charge in [-0.05, 0) is 95.2 Å². The number of fused-ring (bicyclic) bond motifs is 1. The van der Waals surface area contributed by atoms with Crippen molar-refractivity contribution in [2.24, 2.45) is 0 Å². The van der Waals surface area contributed by atoms with Crippen LogP contribution in [-0.2, 0) is 17.6 Å². The van der Waals surface area contributed by atoms with Crippen LogP contribution in [0.4, 0.5) is 4.79 Å². The first-order valence-corrected chi connectivity index (χ1v) is 12.3. The molecular formula is C28H32N4O3. The Balaban J connectivity index is 1.35. The number of pyridine rings is 1. The Morgan fingerprint density at radius 2 is 1.89 bits per heavy atom. The standard InChI is InChI=1S/C28H32N4O3/c1-18-15-19(8-12-23(18)25-7-5-6-14-29-25)26(33)32(21-9-10-21)22-11-13-24-20(16-22)17-31(30-24)27(34)35-28(2,3)4/h5-8,12,14-15,17,21-22H,9-11,13,16H2,1-4H3. The third-order valence-corrected chi connectivity index (χ3v) is 6.61. The van der Waals surface area contributed by atoms with Crippen molar-refractivity contribution < 1.29 is 14.3 Å². The molecule has 0 N–H and O–H groups in total. The van der Waals surface area contributed by atoms with E-state index in [0.717, 1.165) is 53.8 Å². The van der Waals surface area contributed by atoms with Gasteiger partial charge in [0.15, 0.2) is 0 Å². The molecule has 0 aliphatic heterocycles. The van der Waals surface area contributed by atoms with Crippen LogP contribution in [0, 0.1) is 6.92 Å². The maximum Gasteiger partial charge on any atom is 0.435 e. The summed E-state index contributed by atoms with van der Waals surface area (Å²) < 4.78 is 6.77. The molecule has 2 aliphatic rings. The lowest BCUT2D eigenvalue weighted by Gasteiger charge is -2.34. The van der Waals surface area contributed by atoms with Gasteiger partial charge in [-0.2, -0.15) is 9.78 Å². The number of hydrogen-bond acceptors (Lipinski definition) is 5. The van der Waals surface area contributed by atoms with E-state index in [2.05, 4.69) is 15.0 Å². The third kappa shape index (κ3) is 4.99. The SMILES string of the molecule is Cc1cc(C(=O)N(C2CC2)C2CCc3nn(C(=O)OC(C)(C)C)cc3C2)ccc1-c1ccccn1. The molecule has 7 nitrogen and oxygen atoms in total. The second-order valence-electron chi connectivity index (χ2n) is 10.6.